The number of rotatable bonds is 6. The number of nitrogens with two attached hydrogens (primary N) is 1. The van der Waals surface area contributed by atoms with E-state index in [9.17, 15) is 22.8 Å². The fraction of sp³-hybridized carbons (Fsp3) is 0.200. The van der Waals surface area contributed by atoms with Crippen molar-refractivity contribution in [3.05, 3.63) is 70.8 Å². The number of benzene rings is 2. The zero-order valence-corrected chi connectivity index (χ0v) is 15.0. The molecule has 0 saturated carbocycles. The van der Waals surface area contributed by atoms with Crippen LogP contribution >= 0.6 is 0 Å². The fourth-order valence-corrected chi connectivity index (χ4v) is 2.39. The van der Waals surface area contributed by atoms with E-state index < -0.39 is 23.6 Å². The average molecular weight is 392 g/mol. The Morgan fingerprint density at radius 2 is 1.93 bits per heavy atom. The van der Waals surface area contributed by atoms with Gasteiger partial charge in [0, 0.05) is 23.9 Å². The Balaban J connectivity index is 2.06. The van der Waals surface area contributed by atoms with E-state index in [0.29, 0.717) is 11.1 Å². The number of halogens is 3. The van der Waals surface area contributed by atoms with Crippen LogP contribution in [0.4, 0.5) is 18.9 Å². The van der Waals surface area contributed by atoms with Crippen molar-refractivity contribution in [2.24, 2.45) is 0 Å². The largest absolute Gasteiger partial charge is 0.463 e. The zero-order chi connectivity index (χ0) is 20.7. The van der Waals surface area contributed by atoms with Crippen LogP contribution in [0.3, 0.4) is 0 Å². The summed E-state index contributed by atoms with van der Waals surface area (Å²) in [6.45, 7) is 2.07. The summed E-state index contributed by atoms with van der Waals surface area (Å²) in [6.07, 6.45) is -1.74. The molecule has 5 nitrogen and oxygen atoms in total. The highest BCUT2D eigenvalue weighted by atomic mass is 19.4. The molecule has 2 aromatic carbocycles. The van der Waals surface area contributed by atoms with Crippen molar-refractivity contribution >= 4 is 23.6 Å². The van der Waals surface area contributed by atoms with Gasteiger partial charge < -0.3 is 15.8 Å². The number of alkyl halides is 3. The predicted octanol–water partition coefficient (Wildman–Crippen LogP) is 3.79. The Labute approximate surface area is 160 Å². The first-order chi connectivity index (χ1) is 13.2. The van der Waals surface area contributed by atoms with Crippen LogP contribution in [-0.2, 0) is 22.3 Å². The van der Waals surface area contributed by atoms with Gasteiger partial charge in [0.1, 0.15) is 0 Å². The van der Waals surface area contributed by atoms with Gasteiger partial charge >= 0.3 is 12.1 Å². The summed E-state index contributed by atoms with van der Waals surface area (Å²) in [5.74, 6) is -1.14. The molecule has 0 spiro atoms. The summed E-state index contributed by atoms with van der Waals surface area (Å²) in [7, 11) is 0. The second-order valence-corrected chi connectivity index (χ2v) is 5.85. The lowest BCUT2D eigenvalue weighted by Gasteiger charge is -2.11. The summed E-state index contributed by atoms with van der Waals surface area (Å²) in [5, 5.41) is 2.56. The lowest BCUT2D eigenvalue weighted by molar-refractivity contribution is -0.138. The Morgan fingerprint density at radius 1 is 1.18 bits per heavy atom. The van der Waals surface area contributed by atoms with Crippen LogP contribution in [-0.4, -0.2) is 18.5 Å². The van der Waals surface area contributed by atoms with E-state index in [1.54, 1.807) is 37.3 Å². The molecular weight excluding hydrogens is 373 g/mol. The van der Waals surface area contributed by atoms with E-state index in [2.05, 4.69) is 5.32 Å². The van der Waals surface area contributed by atoms with E-state index in [4.69, 9.17) is 10.5 Å². The van der Waals surface area contributed by atoms with E-state index in [1.807, 2.05) is 0 Å². The molecule has 0 radical (unpaired) electrons. The minimum atomic E-state index is -4.59. The zero-order valence-electron chi connectivity index (χ0n) is 15.0. The van der Waals surface area contributed by atoms with Gasteiger partial charge in [-0.05, 0) is 48.4 Å². The summed E-state index contributed by atoms with van der Waals surface area (Å²) in [5.41, 5.74) is 5.59. The van der Waals surface area contributed by atoms with Crippen molar-refractivity contribution in [2.45, 2.75) is 19.6 Å². The first-order valence-electron chi connectivity index (χ1n) is 8.38. The van der Waals surface area contributed by atoms with E-state index in [0.717, 1.165) is 12.1 Å². The molecule has 2 rings (SSSR count). The summed E-state index contributed by atoms with van der Waals surface area (Å²) in [4.78, 5) is 23.6. The minimum Gasteiger partial charge on any atom is -0.463 e. The molecule has 0 unspecified atom stereocenters. The van der Waals surface area contributed by atoms with Crippen LogP contribution in [0.2, 0.25) is 0 Å². The average Bonchev–Trinajstić information content (AvgIpc) is 2.64. The standard InChI is InChI=1S/C20H19F3N2O3/c1-2-28-18(26)7-6-13-4-3-5-14(8-13)12-25-19(27)15-9-16(20(21,22)23)11-17(24)10-15/h3-11H,2,12,24H2,1H3,(H,25,27)/b7-6+. The maximum absolute atomic E-state index is 12.9. The SMILES string of the molecule is CCOC(=O)/C=C/c1cccc(CNC(=O)c2cc(N)cc(C(F)(F)F)c2)c1. The molecule has 0 aromatic heterocycles. The van der Waals surface area contributed by atoms with Crippen molar-refractivity contribution in [3.8, 4) is 0 Å². The lowest BCUT2D eigenvalue weighted by Crippen LogP contribution is -2.23. The summed E-state index contributed by atoms with van der Waals surface area (Å²) < 4.78 is 43.4. The Kier molecular flexibility index (Phi) is 6.81. The first kappa shape index (κ1) is 21.0. The summed E-state index contributed by atoms with van der Waals surface area (Å²) in [6, 6.07) is 9.67. The third-order valence-electron chi connectivity index (χ3n) is 3.65. The molecule has 3 N–H and O–H groups in total. The van der Waals surface area contributed by atoms with E-state index in [-0.39, 0.29) is 24.4 Å². The van der Waals surface area contributed by atoms with Crippen molar-refractivity contribution in [1.29, 1.82) is 0 Å². The molecule has 1 amide bonds. The number of nitrogens with one attached hydrogen (secondary N) is 1. The van der Waals surface area contributed by atoms with Crippen LogP contribution < -0.4 is 11.1 Å². The second-order valence-electron chi connectivity index (χ2n) is 5.85. The lowest BCUT2D eigenvalue weighted by atomic mass is 10.1. The highest BCUT2D eigenvalue weighted by molar-refractivity contribution is 5.95. The Hall–Kier alpha value is -3.29. The third-order valence-corrected chi connectivity index (χ3v) is 3.65. The highest BCUT2D eigenvalue weighted by Crippen LogP contribution is 2.31. The number of hydrogen-bond donors (Lipinski definition) is 2. The van der Waals surface area contributed by atoms with Crippen LogP contribution in [0, 0.1) is 0 Å². The molecular formula is C20H19F3N2O3. The smallest absolute Gasteiger partial charge is 0.416 e. The molecule has 0 aliphatic carbocycles. The van der Waals surface area contributed by atoms with Gasteiger partial charge in [0.15, 0.2) is 0 Å². The van der Waals surface area contributed by atoms with Crippen LogP contribution in [0.15, 0.2) is 48.5 Å². The third kappa shape index (κ3) is 6.15. The maximum Gasteiger partial charge on any atom is 0.416 e. The number of nitrogen functional groups attached to an aromatic ring is 1. The minimum absolute atomic E-state index is 0.0933. The van der Waals surface area contributed by atoms with Crippen molar-refractivity contribution in [3.63, 3.8) is 0 Å². The fourth-order valence-electron chi connectivity index (χ4n) is 2.39. The molecule has 0 saturated heterocycles. The maximum atomic E-state index is 12.9. The van der Waals surface area contributed by atoms with Gasteiger partial charge in [-0.1, -0.05) is 18.2 Å². The van der Waals surface area contributed by atoms with Gasteiger partial charge in [-0.3, -0.25) is 4.79 Å². The number of esters is 1. The van der Waals surface area contributed by atoms with Gasteiger partial charge in [0.25, 0.3) is 5.91 Å². The second kappa shape index (κ2) is 9.07. The van der Waals surface area contributed by atoms with Gasteiger partial charge in [0.2, 0.25) is 0 Å². The predicted molar refractivity (Wildman–Crippen MR) is 99.1 cm³/mol. The first-order valence-corrected chi connectivity index (χ1v) is 8.38. The molecule has 28 heavy (non-hydrogen) atoms. The molecule has 0 fully saturated rings. The summed E-state index contributed by atoms with van der Waals surface area (Å²) >= 11 is 0. The highest BCUT2D eigenvalue weighted by Gasteiger charge is 2.31. The molecule has 0 heterocycles. The quantitative estimate of drug-likeness (QED) is 0.445. The van der Waals surface area contributed by atoms with E-state index >= 15 is 0 Å². The van der Waals surface area contributed by atoms with Crippen molar-refractivity contribution < 1.29 is 27.5 Å². The van der Waals surface area contributed by atoms with Gasteiger partial charge in [0.05, 0.1) is 12.2 Å². The monoisotopic (exact) mass is 392 g/mol. The Morgan fingerprint density at radius 3 is 2.61 bits per heavy atom. The molecule has 0 atom stereocenters. The van der Waals surface area contributed by atoms with Gasteiger partial charge in [-0.15, -0.1) is 0 Å². The van der Waals surface area contributed by atoms with Crippen LogP contribution in [0.1, 0.15) is 34.0 Å². The molecule has 148 valence electrons. The van der Waals surface area contributed by atoms with Crippen LogP contribution in [0.25, 0.3) is 6.08 Å². The normalized spacial score (nSPS) is 11.4. The molecule has 8 heteroatoms. The number of carbonyl (C=O) groups excluding carboxylic acids is 2. The number of carbonyl (C=O) groups is 2. The number of amides is 1. The molecule has 0 bridgehead atoms. The number of hydrogen-bond acceptors (Lipinski definition) is 4. The number of anilines is 1. The molecule has 0 aliphatic heterocycles. The van der Waals surface area contributed by atoms with Crippen molar-refractivity contribution in [1.82, 2.24) is 5.32 Å². The van der Waals surface area contributed by atoms with Gasteiger partial charge in [-0.25, -0.2) is 4.79 Å². The molecule has 2 aromatic rings. The molecule has 0 aliphatic rings. The van der Waals surface area contributed by atoms with E-state index in [1.165, 1.54) is 12.1 Å². The topological polar surface area (TPSA) is 81.4 Å². The number of ether oxygens (including phenoxy) is 1. The van der Waals surface area contributed by atoms with Gasteiger partial charge in [-0.2, -0.15) is 13.2 Å². The Bertz CT molecular complexity index is 893. The van der Waals surface area contributed by atoms with Crippen molar-refractivity contribution in [2.75, 3.05) is 12.3 Å². The van der Waals surface area contributed by atoms with Crippen LogP contribution in [0.5, 0.6) is 0 Å².